The van der Waals surface area contributed by atoms with Gasteiger partial charge in [0.1, 0.15) is 15.5 Å². The molecule has 1 aliphatic heterocycles. The molecule has 164 valence electrons. The van der Waals surface area contributed by atoms with E-state index in [2.05, 4.69) is 33.6 Å². The summed E-state index contributed by atoms with van der Waals surface area (Å²) < 4.78 is 19.8. The second-order valence-electron chi connectivity index (χ2n) is 7.20. The lowest BCUT2D eigenvalue weighted by Gasteiger charge is -2.31. The Labute approximate surface area is 193 Å². The SMILES string of the molecule is CN(C)CCC[C@@]1(c2ccc(F)cc2)OC(I)c2cc(C#N)ccc21.O=C(O)C(=O)O. The first-order chi connectivity index (χ1) is 14.6. The van der Waals surface area contributed by atoms with E-state index in [1.807, 2.05) is 44.4 Å². The summed E-state index contributed by atoms with van der Waals surface area (Å²) in [6, 6.07) is 14.5. The Hall–Kier alpha value is -2.55. The van der Waals surface area contributed by atoms with Crippen LogP contribution in [-0.2, 0) is 19.9 Å². The summed E-state index contributed by atoms with van der Waals surface area (Å²) in [5.74, 6) is -3.90. The molecule has 1 heterocycles. The average Bonchev–Trinajstić information content (AvgIpc) is 3.00. The van der Waals surface area contributed by atoms with E-state index in [1.165, 1.54) is 12.1 Å². The van der Waals surface area contributed by atoms with Crippen LogP contribution in [0.4, 0.5) is 4.39 Å². The van der Waals surface area contributed by atoms with Gasteiger partial charge in [-0.1, -0.05) is 18.2 Å². The van der Waals surface area contributed by atoms with Crippen molar-refractivity contribution in [2.45, 2.75) is 22.6 Å². The molecular weight excluding hydrogens is 518 g/mol. The number of hydrogen-bond donors (Lipinski definition) is 2. The fourth-order valence-electron chi connectivity index (χ4n) is 3.42. The fraction of sp³-hybridized carbons (Fsp3) is 0.318. The topological polar surface area (TPSA) is 111 Å². The van der Waals surface area contributed by atoms with Gasteiger partial charge >= 0.3 is 11.9 Å². The number of carbonyl (C=O) groups is 2. The molecule has 0 bridgehead atoms. The Balaban J connectivity index is 0.000000501. The molecule has 0 fully saturated rings. The van der Waals surface area contributed by atoms with Crippen molar-refractivity contribution >= 4 is 34.5 Å². The summed E-state index contributed by atoms with van der Waals surface area (Å²) >= 11 is 2.26. The minimum atomic E-state index is -1.82. The second kappa shape index (κ2) is 10.7. The number of carboxylic acid groups (broad SMARTS) is 2. The smallest absolute Gasteiger partial charge is 0.414 e. The van der Waals surface area contributed by atoms with Crippen LogP contribution >= 0.6 is 22.6 Å². The number of nitriles is 1. The molecule has 0 spiro atoms. The molecule has 0 radical (unpaired) electrons. The third-order valence-electron chi connectivity index (χ3n) is 4.79. The van der Waals surface area contributed by atoms with Crippen molar-refractivity contribution in [3.63, 3.8) is 0 Å². The highest BCUT2D eigenvalue weighted by molar-refractivity contribution is 14.1. The van der Waals surface area contributed by atoms with E-state index >= 15 is 0 Å². The highest BCUT2D eigenvalue weighted by Gasteiger charge is 2.45. The number of alkyl halides is 1. The van der Waals surface area contributed by atoms with Crippen LogP contribution in [0.2, 0.25) is 0 Å². The van der Waals surface area contributed by atoms with Crippen molar-refractivity contribution in [3.8, 4) is 6.07 Å². The molecule has 0 aliphatic carbocycles. The minimum absolute atomic E-state index is 0.134. The molecular formula is C22H22FIN2O5. The van der Waals surface area contributed by atoms with Crippen molar-refractivity contribution in [2.24, 2.45) is 0 Å². The van der Waals surface area contributed by atoms with Crippen molar-refractivity contribution in [3.05, 3.63) is 70.5 Å². The lowest BCUT2D eigenvalue weighted by Crippen LogP contribution is -2.29. The lowest BCUT2D eigenvalue weighted by molar-refractivity contribution is -0.159. The maximum Gasteiger partial charge on any atom is 0.414 e. The summed E-state index contributed by atoms with van der Waals surface area (Å²) in [5, 5.41) is 24.0. The Morgan fingerprint density at radius 1 is 1.19 bits per heavy atom. The number of carboxylic acids is 2. The van der Waals surface area contributed by atoms with Gasteiger partial charge in [0, 0.05) is 0 Å². The van der Waals surface area contributed by atoms with Crippen LogP contribution in [-0.4, -0.2) is 47.7 Å². The summed E-state index contributed by atoms with van der Waals surface area (Å²) in [6.45, 7) is 0.948. The number of ether oxygens (including phenoxy) is 1. The zero-order valence-electron chi connectivity index (χ0n) is 17.0. The van der Waals surface area contributed by atoms with Crippen LogP contribution in [0.5, 0.6) is 0 Å². The Morgan fingerprint density at radius 3 is 2.32 bits per heavy atom. The molecule has 7 nitrogen and oxygen atoms in total. The summed E-state index contributed by atoms with van der Waals surface area (Å²) in [4.78, 5) is 20.3. The molecule has 0 saturated heterocycles. The minimum Gasteiger partial charge on any atom is -0.473 e. The fourth-order valence-corrected chi connectivity index (χ4v) is 4.37. The van der Waals surface area contributed by atoms with Crippen LogP contribution in [0.15, 0.2) is 42.5 Å². The largest absolute Gasteiger partial charge is 0.473 e. The third kappa shape index (κ3) is 6.00. The Bertz CT molecular complexity index is 978. The highest BCUT2D eigenvalue weighted by atomic mass is 127. The van der Waals surface area contributed by atoms with E-state index in [-0.39, 0.29) is 9.93 Å². The second-order valence-corrected chi connectivity index (χ2v) is 8.33. The van der Waals surface area contributed by atoms with Gasteiger partial charge in [-0.05, 0) is 97.0 Å². The number of rotatable bonds is 5. The summed E-state index contributed by atoms with van der Waals surface area (Å²) in [7, 11) is 4.10. The molecule has 0 saturated carbocycles. The van der Waals surface area contributed by atoms with E-state index in [4.69, 9.17) is 24.5 Å². The standard InChI is InChI=1S/C20H20FIN2O.C2H2O4/c1-24(2)11-3-10-20(15-5-7-16(21)8-6-15)18-9-4-14(13-23)12-17(18)19(22)25-20;3-1(4)2(5)6/h4-9,12,19H,3,10-11H2,1-2H3;(H,3,4)(H,5,6)/t19?,20-;/m0./s1. The van der Waals surface area contributed by atoms with E-state index in [0.29, 0.717) is 5.56 Å². The normalized spacial score (nSPS) is 19.2. The van der Waals surface area contributed by atoms with Crippen molar-refractivity contribution in [1.82, 2.24) is 4.90 Å². The molecule has 0 aromatic heterocycles. The lowest BCUT2D eigenvalue weighted by atomic mass is 9.81. The molecule has 1 aliphatic rings. The van der Waals surface area contributed by atoms with Crippen molar-refractivity contribution in [1.29, 1.82) is 5.26 Å². The van der Waals surface area contributed by atoms with Crippen LogP contribution in [0.3, 0.4) is 0 Å². The van der Waals surface area contributed by atoms with E-state index < -0.39 is 17.5 Å². The van der Waals surface area contributed by atoms with Crippen molar-refractivity contribution < 1.29 is 28.9 Å². The van der Waals surface area contributed by atoms with Crippen molar-refractivity contribution in [2.75, 3.05) is 20.6 Å². The van der Waals surface area contributed by atoms with Gasteiger partial charge < -0.3 is 19.8 Å². The zero-order chi connectivity index (χ0) is 23.2. The third-order valence-corrected chi connectivity index (χ3v) is 5.72. The maximum absolute atomic E-state index is 13.4. The maximum atomic E-state index is 13.4. The summed E-state index contributed by atoms with van der Waals surface area (Å²) in [5.41, 5.74) is 3.11. The molecule has 3 rings (SSSR count). The van der Waals surface area contributed by atoms with Gasteiger partial charge in [-0.15, -0.1) is 0 Å². The average molecular weight is 540 g/mol. The van der Waals surface area contributed by atoms with Gasteiger partial charge in [-0.25, -0.2) is 14.0 Å². The van der Waals surface area contributed by atoms with E-state index in [9.17, 15) is 9.65 Å². The summed E-state index contributed by atoms with van der Waals surface area (Å²) in [6.07, 6.45) is 1.75. The number of halogens is 2. The van der Waals surface area contributed by atoms with Gasteiger partial charge in [0.2, 0.25) is 0 Å². The van der Waals surface area contributed by atoms with Gasteiger partial charge in [0.15, 0.2) is 0 Å². The Morgan fingerprint density at radius 2 is 1.81 bits per heavy atom. The first kappa shape index (κ1) is 24.7. The number of benzene rings is 2. The number of hydrogen-bond acceptors (Lipinski definition) is 5. The van der Waals surface area contributed by atoms with Gasteiger partial charge in [0.25, 0.3) is 0 Å². The first-order valence-electron chi connectivity index (χ1n) is 9.34. The van der Waals surface area contributed by atoms with E-state index in [1.54, 1.807) is 0 Å². The van der Waals surface area contributed by atoms with Gasteiger partial charge in [-0.2, -0.15) is 5.26 Å². The number of nitrogens with zero attached hydrogens (tertiary/aromatic N) is 2. The zero-order valence-corrected chi connectivity index (χ0v) is 19.2. The van der Waals surface area contributed by atoms with Crippen LogP contribution < -0.4 is 0 Å². The molecule has 9 heteroatoms. The van der Waals surface area contributed by atoms with E-state index in [0.717, 1.165) is 36.1 Å². The van der Waals surface area contributed by atoms with Crippen LogP contribution in [0.1, 0.15) is 39.2 Å². The first-order valence-corrected chi connectivity index (χ1v) is 10.6. The molecule has 31 heavy (non-hydrogen) atoms. The predicted octanol–water partition coefficient (Wildman–Crippen LogP) is 3.90. The highest BCUT2D eigenvalue weighted by Crippen LogP contribution is 2.52. The monoisotopic (exact) mass is 540 g/mol. The molecule has 2 N–H and O–H groups in total. The number of fused-ring (bicyclic) bond motifs is 1. The molecule has 2 atom stereocenters. The Kier molecular flexibility index (Phi) is 8.50. The van der Waals surface area contributed by atoms with Crippen LogP contribution in [0.25, 0.3) is 0 Å². The molecule has 2 aromatic carbocycles. The quantitative estimate of drug-likeness (QED) is 0.336. The molecule has 1 unspecified atom stereocenters. The van der Waals surface area contributed by atoms with Gasteiger partial charge in [-0.3, -0.25) is 0 Å². The molecule has 2 aromatic rings. The molecule has 0 amide bonds. The van der Waals surface area contributed by atoms with Gasteiger partial charge in [0.05, 0.1) is 11.6 Å². The van der Waals surface area contributed by atoms with Crippen LogP contribution in [0, 0.1) is 17.1 Å². The number of aliphatic carboxylic acids is 2. The predicted molar refractivity (Wildman–Crippen MR) is 119 cm³/mol.